The molecule has 0 aliphatic heterocycles. The number of fused-ring (bicyclic) bond motifs is 1. The van der Waals surface area contributed by atoms with Crippen LogP contribution in [0.4, 0.5) is 0 Å². The van der Waals surface area contributed by atoms with Crippen LogP contribution in [0.2, 0.25) is 0 Å². The number of hydrogen-bond acceptors (Lipinski definition) is 3. The molecule has 0 amide bonds. The second-order valence-electron chi connectivity index (χ2n) is 2.62. The van der Waals surface area contributed by atoms with Gasteiger partial charge in [0.2, 0.25) is 0 Å². The first kappa shape index (κ1) is 7.18. The van der Waals surface area contributed by atoms with Crippen molar-refractivity contribution < 1.29 is 9.52 Å². The van der Waals surface area contributed by atoms with E-state index < -0.39 is 0 Å². The Labute approximate surface area is 69.4 Å². The minimum atomic E-state index is 0.224. The van der Waals surface area contributed by atoms with Gasteiger partial charge in [-0.15, -0.1) is 0 Å². The summed E-state index contributed by atoms with van der Waals surface area (Å²) >= 11 is 0. The fraction of sp³-hybridized carbons (Fsp3) is 0.111. The number of phenols is 1. The number of benzene rings is 1. The maximum Gasteiger partial charge on any atom is 0.137 e. The monoisotopic (exact) mass is 163 g/mol. The molecule has 0 bridgehead atoms. The SMILES string of the molecule is NCc1coc2cccc(O)c12. The quantitative estimate of drug-likeness (QED) is 0.671. The first-order chi connectivity index (χ1) is 5.83. The number of rotatable bonds is 1. The van der Waals surface area contributed by atoms with Crippen molar-refractivity contribution >= 4 is 11.0 Å². The van der Waals surface area contributed by atoms with Crippen molar-refractivity contribution in [3.8, 4) is 5.75 Å². The molecule has 0 radical (unpaired) electrons. The Balaban J connectivity index is 2.83. The predicted octanol–water partition coefficient (Wildman–Crippen LogP) is 1.60. The predicted molar refractivity (Wildman–Crippen MR) is 45.8 cm³/mol. The number of hydrogen-bond donors (Lipinski definition) is 2. The van der Waals surface area contributed by atoms with Crippen LogP contribution in [-0.2, 0) is 6.54 Å². The highest BCUT2D eigenvalue weighted by atomic mass is 16.3. The lowest BCUT2D eigenvalue weighted by atomic mass is 10.1. The van der Waals surface area contributed by atoms with Crippen LogP contribution in [0.5, 0.6) is 5.75 Å². The highest BCUT2D eigenvalue weighted by molar-refractivity contribution is 5.87. The minimum absolute atomic E-state index is 0.224. The van der Waals surface area contributed by atoms with Crippen LogP contribution in [0.3, 0.4) is 0 Å². The van der Waals surface area contributed by atoms with Crippen molar-refractivity contribution in [3.05, 3.63) is 30.0 Å². The van der Waals surface area contributed by atoms with Crippen LogP contribution < -0.4 is 5.73 Å². The molecule has 2 aromatic rings. The van der Waals surface area contributed by atoms with Crippen molar-refractivity contribution in [2.24, 2.45) is 5.73 Å². The highest BCUT2D eigenvalue weighted by Gasteiger charge is 2.07. The lowest BCUT2D eigenvalue weighted by Crippen LogP contribution is -1.93. The molecule has 1 aromatic carbocycles. The van der Waals surface area contributed by atoms with E-state index in [-0.39, 0.29) is 5.75 Å². The smallest absolute Gasteiger partial charge is 0.137 e. The van der Waals surface area contributed by atoms with E-state index in [0.717, 1.165) is 10.9 Å². The van der Waals surface area contributed by atoms with Gasteiger partial charge in [-0.1, -0.05) is 6.07 Å². The molecule has 0 aliphatic rings. The Morgan fingerprint density at radius 2 is 2.25 bits per heavy atom. The molecule has 3 heteroatoms. The lowest BCUT2D eigenvalue weighted by molar-refractivity contribution is 0.481. The molecular weight excluding hydrogens is 154 g/mol. The standard InChI is InChI=1S/C9H9NO2/c10-4-6-5-12-8-3-1-2-7(11)9(6)8/h1-3,5,11H,4,10H2. The van der Waals surface area contributed by atoms with Crippen LogP contribution >= 0.6 is 0 Å². The van der Waals surface area contributed by atoms with Crippen molar-refractivity contribution in [2.45, 2.75) is 6.54 Å². The molecule has 0 saturated carbocycles. The van der Waals surface area contributed by atoms with Gasteiger partial charge < -0.3 is 15.3 Å². The first-order valence-electron chi connectivity index (χ1n) is 3.71. The number of aromatic hydroxyl groups is 1. The fourth-order valence-electron chi connectivity index (χ4n) is 1.28. The molecular formula is C9H9NO2. The third kappa shape index (κ3) is 0.871. The lowest BCUT2D eigenvalue weighted by Gasteiger charge is -1.94. The van der Waals surface area contributed by atoms with Gasteiger partial charge in [-0.3, -0.25) is 0 Å². The van der Waals surface area contributed by atoms with Crippen molar-refractivity contribution in [3.63, 3.8) is 0 Å². The summed E-state index contributed by atoms with van der Waals surface area (Å²) in [7, 11) is 0. The maximum absolute atomic E-state index is 9.46. The molecule has 3 nitrogen and oxygen atoms in total. The average molecular weight is 163 g/mol. The van der Waals surface area contributed by atoms with Crippen LogP contribution in [-0.4, -0.2) is 5.11 Å². The van der Waals surface area contributed by atoms with Gasteiger partial charge >= 0.3 is 0 Å². The molecule has 3 N–H and O–H groups in total. The van der Waals surface area contributed by atoms with E-state index in [0.29, 0.717) is 12.1 Å². The fourth-order valence-corrected chi connectivity index (χ4v) is 1.28. The molecule has 0 spiro atoms. The average Bonchev–Trinajstić information content (AvgIpc) is 2.49. The Morgan fingerprint density at radius 3 is 3.00 bits per heavy atom. The highest BCUT2D eigenvalue weighted by Crippen LogP contribution is 2.28. The zero-order valence-corrected chi connectivity index (χ0v) is 6.45. The van der Waals surface area contributed by atoms with E-state index in [2.05, 4.69) is 0 Å². The molecule has 0 unspecified atom stereocenters. The number of nitrogens with two attached hydrogens (primary N) is 1. The summed E-state index contributed by atoms with van der Waals surface area (Å²) in [5.41, 5.74) is 6.97. The van der Waals surface area contributed by atoms with E-state index in [4.69, 9.17) is 10.2 Å². The Hall–Kier alpha value is -1.48. The van der Waals surface area contributed by atoms with Gasteiger partial charge in [-0.25, -0.2) is 0 Å². The van der Waals surface area contributed by atoms with E-state index in [9.17, 15) is 5.11 Å². The van der Waals surface area contributed by atoms with Crippen molar-refractivity contribution in [2.75, 3.05) is 0 Å². The number of furan rings is 1. The second kappa shape index (κ2) is 2.53. The topological polar surface area (TPSA) is 59.4 Å². The van der Waals surface area contributed by atoms with Gasteiger partial charge in [0.15, 0.2) is 0 Å². The van der Waals surface area contributed by atoms with Crippen LogP contribution in [0, 0.1) is 0 Å². The summed E-state index contributed by atoms with van der Waals surface area (Å²) in [6.45, 7) is 0.380. The normalized spacial score (nSPS) is 10.8. The second-order valence-corrected chi connectivity index (χ2v) is 2.62. The third-order valence-corrected chi connectivity index (χ3v) is 1.87. The van der Waals surface area contributed by atoms with E-state index in [1.165, 1.54) is 0 Å². The van der Waals surface area contributed by atoms with Crippen molar-refractivity contribution in [1.82, 2.24) is 0 Å². The molecule has 0 aliphatic carbocycles. The van der Waals surface area contributed by atoms with Crippen LogP contribution in [0.25, 0.3) is 11.0 Å². The van der Waals surface area contributed by atoms with Gasteiger partial charge in [0.25, 0.3) is 0 Å². The van der Waals surface area contributed by atoms with E-state index >= 15 is 0 Å². The zero-order valence-electron chi connectivity index (χ0n) is 6.45. The van der Waals surface area contributed by atoms with E-state index in [1.807, 2.05) is 0 Å². The molecule has 0 fully saturated rings. The minimum Gasteiger partial charge on any atom is -0.507 e. The summed E-state index contributed by atoms with van der Waals surface area (Å²) < 4.78 is 5.18. The maximum atomic E-state index is 9.46. The summed E-state index contributed by atoms with van der Waals surface area (Å²) in [5, 5.41) is 10.2. The third-order valence-electron chi connectivity index (χ3n) is 1.87. The Bertz CT molecular complexity index is 406. The summed E-state index contributed by atoms with van der Waals surface area (Å²) in [4.78, 5) is 0. The Kier molecular flexibility index (Phi) is 1.52. The zero-order chi connectivity index (χ0) is 8.55. The van der Waals surface area contributed by atoms with Gasteiger partial charge in [0, 0.05) is 12.1 Å². The molecule has 0 atom stereocenters. The first-order valence-corrected chi connectivity index (χ1v) is 3.71. The van der Waals surface area contributed by atoms with Gasteiger partial charge in [-0.2, -0.15) is 0 Å². The molecule has 12 heavy (non-hydrogen) atoms. The summed E-state index contributed by atoms with van der Waals surface area (Å²) in [6, 6.07) is 5.16. The van der Waals surface area contributed by atoms with E-state index in [1.54, 1.807) is 24.5 Å². The molecule has 2 rings (SSSR count). The van der Waals surface area contributed by atoms with Gasteiger partial charge in [0.05, 0.1) is 11.6 Å². The van der Waals surface area contributed by atoms with Crippen molar-refractivity contribution in [1.29, 1.82) is 0 Å². The largest absolute Gasteiger partial charge is 0.507 e. The van der Waals surface area contributed by atoms with Crippen LogP contribution in [0.1, 0.15) is 5.56 Å². The summed E-state index contributed by atoms with van der Waals surface area (Å²) in [6.07, 6.45) is 1.57. The van der Waals surface area contributed by atoms with Gasteiger partial charge in [-0.05, 0) is 12.1 Å². The molecule has 62 valence electrons. The number of phenolic OH excluding ortho intramolecular Hbond substituents is 1. The molecule has 1 aromatic heterocycles. The summed E-state index contributed by atoms with van der Waals surface area (Å²) in [5.74, 6) is 0.224. The molecule has 1 heterocycles. The van der Waals surface area contributed by atoms with Gasteiger partial charge in [0.1, 0.15) is 11.3 Å². The molecule has 0 saturated heterocycles. The Morgan fingerprint density at radius 1 is 1.42 bits per heavy atom. The van der Waals surface area contributed by atoms with Crippen LogP contribution in [0.15, 0.2) is 28.9 Å².